The van der Waals surface area contributed by atoms with Crippen molar-refractivity contribution in [1.82, 2.24) is 9.58 Å². The lowest BCUT2D eigenvalue weighted by Gasteiger charge is -2.46. The highest BCUT2D eigenvalue weighted by Gasteiger charge is 2.48. The number of rotatable bonds is 3. The molecule has 5 rings (SSSR count). The number of benzene rings is 2. The molecule has 3 aromatic rings. The molecule has 0 aliphatic carbocycles. The SMILES string of the molecule is C[C@@H](N1CN([C@@H]2c3ccccc3SCc3c2ccc(F)c3F)n2cc(B(O)O)c(=O)c(O)c2C1=O)C(F)(F)F. The van der Waals surface area contributed by atoms with Crippen molar-refractivity contribution in [1.29, 1.82) is 0 Å². The number of thioether (sulfide) groups is 1. The molecule has 0 radical (unpaired) electrons. The second kappa shape index (κ2) is 9.57. The molecule has 0 fully saturated rings. The van der Waals surface area contributed by atoms with Gasteiger partial charge in [-0.15, -0.1) is 11.8 Å². The van der Waals surface area contributed by atoms with Crippen molar-refractivity contribution in [3.63, 3.8) is 0 Å². The van der Waals surface area contributed by atoms with Crippen LogP contribution in [0.1, 0.15) is 40.1 Å². The van der Waals surface area contributed by atoms with Gasteiger partial charge in [0.1, 0.15) is 12.7 Å². The summed E-state index contributed by atoms with van der Waals surface area (Å²) in [6, 6.07) is 5.24. The number of carbonyl (C=O) groups excluding carboxylic acids is 1. The lowest BCUT2D eigenvalue weighted by atomic mass is 9.81. The number of nitrogens with zero attached hydrogens (tertiary/aromatic N) is 3. The number of fused-ring (bicyclic) bond motifs is 3. The first-order valence-electron chi connectivity index (χ1n) is 11.5. The number of alkyl halides is 3. The minimum absolute atomic E-state index is 0.0231. The van der Waals surface area contributed by atoms with E-state index in [-0.39, 0.29) is 16.9 Å². The molecule has 3 N–H and O–H groups in total. The van der Waals surface area contributed by atoms with Crippen molar-refractivity contribution in [2.24, 2.45) is 0 Å². The van der Waals surface area contributed by atoms with Gasteiger partial charge in [0.15, 0.2) is 23.1 Å². The molecule has 1 amide bonds. The maximum Gasteiger partial charge on any atom is 0.494 e. The van der Waals surface area contributed by atoms with Gasteiger partial charge in [-0.25, -0.2) is 8.78 Å². The number of hydrogen-bond donors (Lipinski definition) is 3. The highest BCUT2D eigenvalue weighted by Crippen LogP contribution is 2.44. The number of hydrogen-bond acceptors (Lipinski definition) is 7. The van der Waals surface area contributed by atoms with Crippen LogP contribution in [-0.4, -0.2) is 56.6 Å². The van der Waals surface area contributed by atoms with Crippen LogP contribution in [0, 0.1) is 11.6 Å². The van der Waals surface area contributed by atoms with Gasteiger partial charge in [0.25, 0.3) is 5.91 Å². The summed E-state index contributed by atoms with van der Waals surface area (Å²) in [5.41, 5.74) is -2.43. The molecule has 39 heavy (non-hydrogen) atoms. The van der Waals surface area contributed by atoms with Crippen LogP contribution >= 0.6 is 11.8 Å². The molecular weight excluding hydrogens is 548 g/mol. The van der Waals surface area contributed by atoms with Crippen molar-refractivity contribution < 1.29 is 41.9 Å². The fraction of sp³-hybridized carbons (Fsp3) is 0.250. The number of aromatic nitrogens is 1. The van der Waals surface area contributed by atoms with Crippen LogP contribution < -0.4 is 15.9 Å². The molecule has 0 saturated carbocycles. The lowest BCUT2D eigenvalue weighted by molar-refractivity contribution is -0.173. The Bertz CT molecular complexity index is 1550. The zero-order valence-corrected chi connectivity index (χ0v) is 20.8. The molecule has 2 aliphatic rings. The van der Waals surface area contributed by atoms with E-state index in [0.29, 0.717) is 15.4 Å². The Morgan fingerprint density at radius 1 is 1.08 bits per heavy atom. The summed E-state index contributed by atoms with van der Waals surface area (Å²) in [6.07, 6.45) is -4.07. The van der Waals surface area contributed by atoms with E-state index in [1.54, 1.807) is 24.3 Å². The number of aromatic hydroxyl groups is 1. The third-order valence-corrected chi connectivity index (χ3v) is 7.98. The zero-order chi connectivity index (χ0) is 28.4. The second-order valence-electron chi connectivity index (χ2n) is 9.06. The molecule has 2 aliphatic heterocycles. The van der Waals surface area contributed by atoms with E-state index in [0.717, 1.165) is 28.9 Å². The summed E-state index contributed by atoms with van der Waals surface area (Å²) in [6.45, 7) is -0.0511. The molecule has 3 heterocycles. The van der Waals surface area contributed by atoms with Crippen LogP contribution in [0.3, 0.4) is 0 Å². The predicted molar refractivity (Wildman–Crippen MR) is 131 cm³/mol. The number of pyridine rings is 1. The number of halogens is 5. The maximum absolute atomic E-state index is 15.1. The molecule has 15 heteroatoms. The van der Waals surface area contributed by atoms with Crippen LogP contribution in [0.15, 0.2) is 52.3 Å². The van der Waals surface area contributed by atoms with Gasteiger partial charge in [-0.2, -0.15) is 13.2 Å². The van der Waals surface area contributed by atoms with Gasteiger partial charge in [0.05, 0.1) is 11.5 Å². The van der Waals surface area contributed by atoms with Crippen molar-refractivity contribution >= 4 is 30.3 Å². The Morgan fingerprint density at radius 3 is 2.44 bits per heavy atom. The summed E-state index contributed by atoms with van der Waals surface area (Å²) in [4.78, 5) is 26.9. The smallest absolute Gasteiger partial charge is 0.494 e. The summed E-state index contributed by atoms with van der Waals surface area (Å²) in [5, 5.41) is 31.3. The highest BCUT2D eigenvalue weighted by atomic mass is 32.2. The average molecular weight is 567 g/mol. The molecule has 2 aromatic carbocycles. The summed E-state index contributed by atoms with van der Waals surface area (Å²) >= 11 is 1.17. The summed E-state index contributed by atoms with van der Waals surface area (Å²) < 4.78 is 71.7. The molecule has 0 spiro atoms. The second-order valence-corrected chi connectivity index (χ2v) is 10.1. The predicted octanol–water partition coefficient (Wildman–Crippen LogP) is 2.21. The van der Waals surface area contributed by atoms with Crippen molar-refractivity contribution in [3.8, 4) is 5.75 Å². The molecule has 204 valence electrons. The van der Waals surface area contributed by atoms with Crippen LogP contribution in [0.2, 0.25) is 0 Å². The molecular formula is C24H19BF5N3O5S. The molecule has 0 bridgehead atoms. The van der Waals surface area contributed by atoms with Gasteiger partial charge in [-0.05, 0) is 30.2 Å². The van der Waals surface area contributed by atoms with Crippen LogP contribution in [0.4, 0.5) is 22.0 Å². The van der Waals surface area contributed by atoms with E-state index in [1.807, 2.05) is 0 Å². The molecule has 0 saturated heterocycles. The normalized spacial score (nSPS) is 17.7. The largest absolute Gasteiger partial charge is 0.503 e. The molecule has 0 unspecified atom stereocenters. The number of amides is 1. The van der Waals surface area contributed by atoms with Crippen LogP contribution in [0.5, 0.6) is 5.75 Å². The zero-order valence-electron chi connectivity index (χ0n) is 20.0. The molecule has 1 aromatic heterocycles. The van der Waals surface area contributed by atoms with E-state index < -0.39 is 71.9 Å². The Hall–Kier alpha value is -3.56. The lowest BCUT2D eigenvalue weighted by Crippen LogP contribution is -2.61. The quantitative estimate of drug-likeness (QED) is 0.330. The average Bonchev–Trinajstić information content (AvgIpc) is 3.04. The Balaban J connectivity index is 1.84. The van der Waals surface area contributed by atoms with Gasteiger partial charge >= 0.3 is 13.3 Å². The topological polar surface area (TPSA) is 106 Å². The van der Waals surface area contributed by atoms with Gasteiger partial charge in [0.2, 0.25) is 5.43 Å². The van der Waals surface area contributed by atoms with Crippen molar-refractivity contribution in [2.75, 3.05) is 11.7 Å². The Morgan fingerprint density at radius 2 is 1.77 bits per heavy atom. The first-order chi connectivity index (χ1) is 18.3. The van der Waals surface area contributed by atoms with E-state index in [1.165, 1.54) is 17.8 Å². The first kappa shape index (κ1) is 27.0. The van der Waals surface area contributed by atoms with Gasteiger partial charge < -0.3 is 20.1 Å². The summed E-state index contributed by atoms with van der Waals surface area (Å²) in [7, 11) is -2.40. The number of carbonyl (C=O) groups is 1. The Kier molecular flexibility index (Phi) is 6.63. The molecule has 2 atom stereocenters. The minimum atomic E-state index is -4.90. The van der Waals surface area contributed by atoms with Crippen molar-refractivity contribution in [2.45, 2.75) is 35.8 Å². The van der Waals surface area contributed by atoms with Crippen LogP contribution in [-0.2, 0) is 5.75 Å². The van der Waals surface area contributed by atoms with E-state index in [4.69, 9.17) is 0 Å². The highest BCUT2D eigenvalue weighted by molar-refractivity contribution is 7.98. The van der Waals surface area contributed by atoms with Gasteiger partial charge in [0, 0.05) is 22.4 Å². The fourth-order valence-corrected chi connectivity index (χ4v) is 5.90. The monoisotopic (exact) mass is 567 g/mol. The van der Waals surface area contributed by atoms with Gasteiger partial charge in [-0.3, -0.25) is 19.3 Å². The minimum Gasteiger partial charge on any atom is -0.503 e. The third-order valence-electron chi connectivity index (χ3n) is 6.86. The standard InChI is InChI=1S/C24H19BF5N3O5S/c1-11(24(28,29)30)31-10-33(32-8-15(25(37)38)21(34)22(35)20(32)23(31)36)19-12-6-7-16(26)18(27)14(12)9-39-17-5-3-2-4-13(17)19/h2-8,11,19,35,37-38H,9-10H2,1H3/t11-,19+/m1/s1. The first-order valence-corrected chi connectivity index (χ1v) is 12.5. The van der Waals surface area contributed by atoms with E-state index in [9.17, 15) is 42.3 Å². The maximum atomic E-state index is 15.1. The van der Waals surface area contributed by atoms with E-state index in [2.05, 4.69) is 0 Å². The van der Waals surface area contributed by atoms with Crippen LogP contribution in [0.25, 0.3) is 0 Å². The van der Waals surface area contributed by atoms with Crippen molar-refractivity contribution in [3.05, 3.63) is 86.8 Å². The molecule has 8 nitrogen and oxygen atoms in total. The third kappa shape index (κ3) is 4.34. The van der Waals surface area contributed by atoms with E-state index >= 15 is 4.39 Å². The fourth-order valence-electron chi connectivity index (χ4n) is 4.79. The summed E-state index contributed by atoms with van der Waals surface area (Å²) in [5.74, 6) is -4.94. The Labute approximate surface area is 222 Å². The van der Waals surface area contributed by atoms with Gasteiger partial charge in [-0.1, -0.05) is 24.3 Å².